The lowest BCUT2D eigenvalue weighted by Crippen LogP contribution is -2.24. The van der Waals surface area contributed by atoms with Crippen LogP contribution in [0.3, 0.4) is 0 Å². The number of halogens is 1. The SMILES string of the molecule is CCC(C)NCc1cccc(CCl)c1. The molecule has 1 aromatic carbocycles. The molecule has 1 nitrogen and oxygen atoms in total. The number of nitrogens with one attached hydrogen (secondary N) is 1. The van der Waals surface area contributed by atoms with Gasteiger partial charge in [0.1, 0.15) is 0 Å². The average molecular weight is 212 g/mol. The first-order valence-electron chi connectivity index (χ1n) is 5.13. The van der Waals surface area contributed by atoms with Crippen LogP contribution in [0.25, 0.3) is 0 Å². The third-order valence-electron chi connectivity index (χ3n) is 2.41. The highest BCUT2D eigenvalue weighted by atomic mass is 35.5. The van der Waals surface area contributed by atoms with Crippen molar-refractivity contribution in [3.8, 4) is 0 Å². The first-order valence-corrected chi connectivity index (χ1v) is 5.67. The molecule has 0 spiro atoms. The molecule has 0 fully saturated rings. The smallest absolute Gasteiger partial charge is 0.0474 e. The summed E-state index contributed by atoms with van der Waals surface area (Å²) >= 11 is 5.77. The fourth-order valence-corrected chi connectivity index (χ4v) is 1.43. The van der Waals surface area contributed by atoms with Gasteiger partial charge in [-0.25, -0.2) is 0 Å². The molecule has 0 aliphatic carbocycles. The van der Waals surface area contributed by atoms with E-state index in [0.717, 1.165) is 13.0 Å². The number of rotatable bonds is 5. The van der Waals surface area contributed by atoms with Crippen LogP contribution in [0.4, 0.5) is 0 Å². The first kappa shape index (κ1) is 11.5. The molecular formula is C12H18ClN. The average Bonchev–Trinajstić information content (AvgIpc) is 2.26. The lowest BCUT2D eigenvalue weighted by Gasteiger charge is -2.11. The summed E-state index contributed by atoms with van der Waals surface area (Å²) in [5, 5.41) is 3.46. The van der Waals surface area contributed by atoms with Crippen LogP contribution < -0.4 is 5.32 Å². The van der Waals surface area contributed by atoms with E-state index in [2.05, 4.69) is 43.4 Å². The van der Waals surface area contributed by atoms with Gasteiger partial charge >= 0.3 is 0 Å². The molecule has 14 heavy (non-hydrogen) atoms. The van der Waals surface area contributed by atoms with Gasteiger partial charge in [0.2, 0.25) is 0 Å². The second-order valence-corrected chi connectivity index (χ2v) is 3.91. The molecule has 0 aliphatic heterocycles. The molecule has 0 amide bonds. The van der Waals surface area contributed by atoms with Crippen molar-refractivity contribution in [2.75, 3.05) is 0 Å². The highest BCUT2D eigenvalue weighted by Gasteiger charge is 1.98. The Labute approximate surface area is 91.5 Å². The molecule has 0 saturated heterocycles. The summed E-state index contributed by atoms with van der Waals surface area (Å²) in [4.78, 5) is 0. The van der Waals surface area contributed by atoms with Crippen LogP contribution in [-0.4, -0.2) is 6.04 Å². The van der Waals surface area contributed by atoms with E-state index in [1.807, 2.05) is 0 Å². The molecule has 0 bridgehead atoms. The molecule has 1 atom stereocenters. The summed E-state index contributed by atoms with van der Waals surface area (Å²) in [5.41, 5.74) is 2.50. The van der Waals surface area contributed by atoms with Crippen molar-refractivity contribution >= 4 is 11.6 Å². The highest BCUT2D eigenvalue weighted by molar-refractivity contribution is 6.17. The van der Waals surface area contributed by atoms with Gasteiger partial charge in [-0.15, -0.1) is 11.6 Å². The number of alkyl halides is 1. The van der Waals surface area contributed by atoms with E-state index in [4.69, 9.17) is 11.6 Å². The van der Waals surface area contributed by atoms with Crippen LogP contribution in [0.2, 0.25) is 0 Å². The maximum atomic E-state index is 5.77. The molecule has 0 radical (unpaired) electrons. The van der Waals surface area contributed by atoms with Gasteiger partial charge in [-0.1, -0.05) is 31.2 Å². The Kier molecular flexibility index (Phi) is 4.99. The van der Waals surface area contributed by atoms with Crippen LogP contribution in [0.5, 0.6) is 0 Å². The Morgan fingerprint density at radius 1 is 1.36 bits per heavy atom. The molecule has 1 rings (SSSR count). The van der Waals surface area contributed by atoms with Crippen LogP contribution >= 0.6 is 11.6 Å². The van der Waals surface area contributed by atoms with Crippen molar-refractivity contribution in [3.05, 3.63) is 35.4 Å². The molecule has 1 unspecified atom stereocenters. The van der Waals surface area contributed by atoms with E-state index >= 15 is 0 Å². The van der Waals surface area contributed by atoms with Gasteiger partial charge in [-0.2, -0.15) is 0 Å². The number of hydrogen-bond acceptors (Lipinski definition) is 1. The minimum absolute atomic E-state index is 0.578. The minimum Gasteiger partial charge on any atom is -0.310 e. The van der Waals surface area contributed by atoms with E-state index in [9.17, 15) is 0 Å². The molecule has 2 heteroatoms. The minimum atomic E-state index is 0.578. The maximum Gasteiger partial charge on any atom is 0.0474 e. The predicted octanol–water partition coefficient (Wildman–Crippen LogP) is 3.31. The van der Waals surface area contributed by atoms with Gasteiger partial charge in [0.25, 0.3) is 0 Å². The van der Waals surface area contributed by atoms with E-state index < -0.39 is 0 Å². The van der Waals surface area contributed by atoms with Gasteiger partial charge in [-0.05, 0) is 24.5 Å². The third kappa shape index (κ3) is 3.69. The quantitative estimate of drug-likeness (QED) is 0.737. The largest absolute Gasteiger partial charge is 0.310 e. The van der Waals surface area contributed by atoms with Crippen molar-refractivity contribution in [2.24, 2.45) is 0 Å². The topological polar surface area (TPSA) is 12.0 Å². The second-order valence-electron chi connectivity index (χ2n) is 3.64. The van der Waals surface area contributed by atoms with Crippen molar-refractivity contribution in [1.82, 2.24) is 5.32 Å². The Hall–Kier alpha value is -0.530. The normalized spacial score (nSPS) is 12.8. The molecule has 1 aromatic rings. The van der Waals surface area contributed by atoms with Gasteiger partial charge < -0.3 is 5.32 Å². The Morgan fingerprint density at radius 2 is 2.07 bits per heavy atom. The molecule has 1 N–H and O–H groups in total. The lowest BCUT2D eigenvalue weighted by atomic mass is 10.1. The number of benzene rings is 1. The van der Waals surface area contributed by atoms with Crippen molar-refractivity contribution in [1.29, 1.82) is 0 Å². The Morgan fingerprint density at radius 3 is 2.71 bits per heavy atom. The molecule has 78 valence electrons. The first-order chi connectivity index (χ1) is 6.76. The van der Waals surface area contributed by atoms with Gasteiger partial charge in [0.05, 0.1) is 0 Å². The summed E-state index contributed by atoms with van der Waals surface area (Å²) in [6, 6.07) is 8.98. The van der Waals surface area contributed by atoms with E-state index in [1.165, 1.54) is 11.1 Å². The Balaban J connectivity index is 2.50. The lowest BCUT2D eigenvalue weighted by molar-refractivity contribution is 0.534. The molecule has 0 aromatic heterocycles. The zero-order chi connectivity index (χ0) is 10.4. The molecule has 0 saturated carbocycles. The summed E-state index contributed by atoms with van der Waals surface area (Å²) < 4.78 is 0. The van der Waals surface area contributed by atoms with Crippen LogP contribution in [0.1, 0.15) is 31.4 Å². The zero-order valence-electron chi connectivity index (χ0n) is 8.89. The standard InChI is InChI=1S/C12H18ClN/c1-3-10(2)14-9-12-6-4-5-11(7-12)8-13/h4-7,10,14H,3,8-9H2,1-2H3. The van der Waals surface area contributed by atoms with Crippen molar-refractivity contribution in [2.45, 2.75) is 38.7 Å². The summed E-state index contributed by atoms with van der Waals surface area (Å²) in [6.45, 7) is 5.32. The van der Waals surface area contributed by atoms with Crippen LogP contribution in [0.15, 0.2) is 24.3 Å². The maximum absolute atomic E-state index is 5.77. The zero-order valence-corrected chi connectivity index (χ0v) is 9.64. The van der Waals surface area contributed by atoms with Crippen molar-refractivity contribution < 1.29 is 0 Å². The molecule has 0 aliphatic rings. The van der Waals surface area contributed by atoms with E-state index in [0.29, 0.717) is 11.9 Å². The van der Waals surface area contributed by atoms with E-state index in [-0.39, 0.29) is 0 Å². The fourth-order valence-electron chi connectivity index (χ4n) is 1.26. The molecular weight excluding hydrogens is 194 g/mol. The summed E-state index contributed by atoms with van der Waals surface area (Å²) in [6.07, 6.45) is 1.16. The second kappa shape index (κ2) is 6.05. The fraction of sp³-hybridized carbons (Fsp3) is 0.500. The number of hydrogen-bond donors (Lipinski definition) is 1. The van der Waals surface area contributed by atoms with Gasteiger partial charge in [-0.3, -0.25) is 0 Å². The predicted molar refractivity (Wildman–Crippen MR) is 62.6 cm³/mol. The van der Waals surface area contributed by atoms with Crippen molar-refractivity contribution in [3.63, 3.8) is 0 Å². The van der Waals surface area contributed by atoms with Gasteiger partial charge in [0, 0.05) is 18.5 Å². The Bertz CT molecular complexity index is 273. The monoisotopic (exact) mass is 211 g/mol. The highest BCUT2D eigenvalue weighted by Crippen LogP contribution is 2.07. The van der Waals surface area contributed by atoms with E-state index in [1.54, 1.807) is 0 Å². The third-order valence-corrected chi connectivity index (χ3v) is 2.72. The van der Waals surface area contributed by atoms with Crippen LogP contribution in [-0.2, 0) is 12.4 Å². The summed E-state index contributed by atoms with van der Waals surface area (Å²) in [7, 11) is 0. The van der Waals surface area contributed by atoms with Gasteiger partial charge in [0.15, 0.2) is 0 Å². The summed E-state index contributed by atoms with van der Waals surface area (Å²) in [5.74, 6) is 0.594. The van der Waals surface area contributed by atoms with Crippen LogP contribution in [0, 0.1) is 0 Å². The molecule has 0 heterocycles.